The second-order valence-electron chi connectivity index (χ2n) is 5.12. The highest BCUT2D eigenvalue weighted by Crippen LogP contribution is 2.12. The van der Waals surface area contributed by atoms with Crippen molar-refractivity contribution in [3.63, 3.8) is 0 Å². The van der Waals surface area contributed by atoms with Crippen LogP contribution in [0.1, 0.15) is 15.9 Å². The second kappa shape index (κ2) is 7.20. The Kier molecular flexibility index (Phi) is 4.63. The van der Waals surface area contributed by atoms with Crippen molar-refractivity contribution in [2.75, 3.05) is 6.54 Å². The molecule has 0 fully saturated rings. The van der Waals surface area contributed by atoms with Crippen LogP contribution < -0.4 is 5.32 Å². The van der Waals surface area contributed by atoms with Gasteiger partial charge >= 0.3 is 0 Å². The zero-order chi connectivity index (χ0) is 16.8. The number of amides is 1. The summed E-state index contributed by atoms with van der Waals surface area (Å²) in [6, 6.07) is 16.1. The molecule has 3 rings (SSSR count). The fourth-order valence-electron chi connectivity index (χ4n) is 2.22. The van der Waals surface area contributed by atoms with Gasteiger partial charge in [0.2, 0.25) is 0 Å². The van der Waals surface area contributed by atoms with E-state index in [1.165, 1.54) is 0 Å². The number of hydrogen-bond acceptors (Lipinski definition) is 4. The summed E-state index contributed by atoms with van der Waals surface area (Å²) in [6.07, 6.45) is 3.59. The maximum absolute atomic E-state index is 12.0. The van der Waals surface area contributed by atoms with Gasteiger partial charge in [0.25, 0.3) is 5.91 Å². The average molecular weight is 317 g/mol. The quantitative estimate of drug-likeness (QED) is 0.782. The first-order chi connectivity index (χ1) is 11.8. The van der Waals surface area contributed by atoms with Crippen molar-refractivity contribution >= 4 is 5.91 Å². The van der Waals surface area contributed by atoms with Crippen LogP contribution in [0.15, 0.2) is 60.9 Å². The number of rotatable bonds is 5. The van der Waals surface area contributed by atoms with Crippen molar-refractivity contribution in [2.24, 2.45) is 0 Å². The van der Waals surface area contributed by atoms with Crippen LogP contribution in [-0.4, -0.2) is 27.2 Å². The molecule has 0 aliphatic heterocycles. The van der Waals surface area contributed by atoms with Crippen LogP contribution in [0.3, 0.4) is 0 Å². The van der Waals surface area contributed by atoms with Gasteiger partial charge in [0.15, 0.2) is 0 Å². The lowest BCUT2D eigenvalue weighted by atomic mass is 10.1. The average Bonchev–Trinajstić information content (AvgIpc) is 3.11. The highest BCUT2D eigenvalue weighted by molar-refractivity contribution is 5.94. The molecule has 0 aliphatic carbocycles. The van der Waals surface area contributed by atoms with Gasteiger partial charge in [-0.25, -0.2) is 0 Å². The summed E-state index contributed by atoms with van der Waals surface area (Å²) in [5.74, 6) is -0.170. The van der Waals surface area contributed by atoms with Crippen LogP contribution in [0, 0.1) is 11.3 Å². The zero-order valence-corrected chi connectivity index (χ0v) is 12.9. The van der Waals surface area contributed by atoms with E-state index in [1.54, 1.807) is 35.1 Å². The molecule has 1 N–H and O–H groups in total. The predicted molar refractivity (Wildman–Crippen MR) is 88.9 cm³/mol. The van der Waals surface area contributed by atoms with Gasteiger partial charge in [-0.1, -0.05) is 6.07 Å². The first-order valence-electron chi connectivity index (χ1n) is 7.49. The van der Waals surface area contributed by atoms with E-state index in [2.05, 4.69) is 15.4 Å². The number of pyridine rings is 1. The standard InChI is InChI=1S/C18H15N5O/c19-13-14-4-6-15(7-5-14)18(24)21-10-12-23-11-8-17(22-23)16-3-1-2-9-20-16/h1-9,11H,10,12H2,(H,21,24). The number of benzene rings is 1. The molecule has 2 aromatic heterocycles. The Morgan fingerprint density at radius 1 is 1.12 bits per heavy atom. The molecule has 0 bridgehead atoms. The SMILES string of the molecule is N#Cc1ccc(C(=O)NCCn2ccc(-c3ccccn3)n2)cc1. The molecule has 1 aromatic carbocycles. The van der Waals surface area contributed by atoms with Crippen molar-refractivity contribution in [1.29, 1.82) is 5.26 Å². The predicted octanol–water partition coefficient (Wildman–Crippen LogP) is 2.25. The van der Waals surface area contributed by atoms with Crippen molar-refractivity contribution in [3.05, 3.63) is 72.1 Å². The number of carbonyl (C=O) groups is 1. The fraction of sp³-hybridized carbons (Fsp3) is 0.111. The molecule has 118 valence electrons. The maximum atomic E-state index is 12.0. The Labute approximate surface area is 139 Å². The van der Waals surface area contributed by atoms with Crippen LogP contribution in [0.4, 0.5) is 0 Å². The third-order valence-corrected chi connectivity index (χ3v) is 3.47. The summed E-state index contributed by atoms with van der Waals surface area (Å²) in [4.78, 5) is 16.3. The molecule has 3 aromatic rings. The minimum Gasteiger partial charge on any atom is -0.350 e. The first kappa shape index (κ1) is 15.4. The first-order valence-corrected chi connectivity index (χ1v) is 7.49. The minimum absolute atomic E-state index is 0.170. The van der Waals surface area contributed by atoms with E-state index >= 15 is 0 Å². The molecule has 0 saturated heterocycles. The zero-order valence-electron chi connectivity index (χ0n) is 12.9. The number of aromatic nitrogens is 3. The number of carbonyl (C=O) groups excluding carboxylic acids is 1. The van der Waals surface area contributed by atoms with Gasteiger partial charge in [-0.3, -0.25) is 14.5 Å². The number of hydrogen-bond donors (Lipinski definition) is 1. The normalized spacial score (nSPS) is 10.1. The Morgan fingerprint density at radius 3 is 2.67 bits per heavy atom. The molecule has 0 unspecified atom stereocenters. The van der Waals surface area contributed by atoms with E-state index in [1.807, 2.05) is 36.5 Å². The highest BCUT2D eigenvalue weighted by atomic mass is 16.1. The van der Waals surface area contributed by atoms with Crippen LogP contribution >= 0.6 is 0 Å². The summed E-state index contributed by atoms with van der Waals surface area (Å²) in [6.45, 7) is 1.02. The Balaban J connectivity index is 1.54. The minimum atomic E-state index is -0.170. The summed E-state index contributed by atoms with van der Waals surface area (Å²) < 4.78 is 1.77. The van der Waals surface area contributed by atoms with Crippen LogP contribution in [-0.2, 0) is 6.54 Å². The van der Waals surface area contributed by atoms with E-state index < -0.39 is 0 Å². The number of nitrogens with one attached hydrogen (secondary N) is 1. The Hall–Kier alpha value is -3.46. The van der Waals surface area contributed by atoms with E-state index in [9.17, 15) is 4.79 Å². The molecule has 0 saturated carbocycles. The van der Waals surface area contributed by atoms with Gasteiger partial charge in [-0.15, -0.1) is 0 Å². The Morgan fingerprint density at radius 2 is 1.96 bits per heavy atom. The fourth-order valence-corrected chi connectivity index (χ4v) is 2.22. The molecule has 0 spiro atoms. The monoisotopic (exact) mass is 317 g/mol. The molecule has 0 radical (unpaired) electrons. The van der Waals surface area contributed by atoms with Crippen LogP contribution in [0.2, 0.25) is 0 Å². The molecule has 1 amide bonds. The van der Waals surface area contributed by atoms with Gasteiger partial charge in [0.05, 0.1) is 23.9 Å². The van der Waals surface area contributed by atoms with Crippen molar-refractivity contribution in [2.45, 2.75) is 6.54 Å². The van der Waals surface area contributed by atoms with Gasteiger partial charge in [0, 0.05) is 24.5 Å². The smallest absolute Gasteiger partial charge is 0.251 e. The van der Waals surface area contributed by atoms with Gasteiger partial charge < -0.3 is 5.32 Å². The largest absolute Gasteiger partial charge is 0.350 e. The van der Waals surface area contributed by atoms with E-state index in [4.69, 9.17) is 5.26 Å². The Bertz CT molecular complexity index is 862. The lowest BCUT2D eigenvalue weighted by molar-refractivity contribution is 0.0952. The van der Waals surface area contributed by atoms with Crippen molar-refractivity contribution < 1.29 is 4.79 Å². The van der Waals surface area contributed by atoms with Crippen molar-refractivity contribution in [1.82, 2.24) is 20.1 Å². The number of nitrogens with zero attached hydrogens (tertiary/aromatic N) is 4. The molecular weight excluding hydrogens is 302 g/mol. The summed E-state index contributed by atoms with van der Waals surface area (Å²) in [5, 5.41) is 16.0. The lowest BCUT2D eigenvalue weighted by Crippen LogP contribution is -2.27. The molecular formula is C18H15N5O. The van der Waals surface area contributed by atoms with Gasteiger partial charge in [0.1, 0.15) is 5.69 Å². The van der Waals surface area contributed by atoms with Crippen LogP contribution in [0.25, 0.3) is 11.4 Å². The summed E-state index contributed by atoms with van der Waals surface area (Å²) >= 11 is 0. The van der Waals surface area contributed by atoms with Crippen molar-refractivity contribution in [3.8, 4) is 17.5 Å². The van der Waals surface area contributed by atoms with E-state index in [-0.39, 0.29) is 5.91 Å². The molecule has 2 heterocycles. The topological polar surface area (TPSA) is 83.6 Å². The molecule has 6 heteroatoms. The molecule has 0 aliphatic rings. The summed E-state index contributed by atoms with van der Waals surface area (Å²) in [7, 11) is 0. The van der Waals surface area contributed by atoms with Crippen LogP contribution in [0.5, 0.6) is 0 Å². The number of nitriles is 1. The third-order valence-electron chi connectivity index (χ3n) is 3.47. The van der Waals surface area contributed by atoms with E-state index in [0.29, 0.717) is 24.2 Å². The molecule has 0 atom stereocenters. The lowest BCUT2D eigenvalue weighted by Gasteiger charge is -2.05. The third kappa shape index (κ3) is 3.65. The summed E-state index contributed by atoms with van der Waals surface area (Å²) in [5.41, 5.74) is 2.68. The highest BCUT2D eigenvalue weighted by Gasteiger charge is 2.06. The molecule has 24 heavy (non-hydrogen) atoms. The molecule has 6 nitrogen and oxygen atoms in total. The maximum Gasteiger partial charge on any atom is 0.251 e. The van der Waals surface area contributed by atoms with Gasteiger partial charge in [-0.2, -0.15) is 10.4 Å². The van der Waals surface area contributed by atoms with E-state index in [0.717, 1.165) is 11.4 Å². The van der Waals surface area contributed by atoms with Gasteiger partial charge in [-0.05, 0) is 42.5 Å². The second-order valence-corrected chi connectivity index (χ2v) is 5.12.